The van der Waals surface area contributed by atoms with Crippen molar-refractivity contribution in [3.05, 3.63) is 34.4 Å². The maximum absolute atomic E-state index is 6.91. The Morgan fingerprint density at radius 1 is 0.952 bits per heavy atom. The van der Waals surface area contributed by atoms with E-state index in [9.17, 15) is 0 Å². The fraction of sp³-hybridized carbons (Fsp3) is 0.700. The largest absolute Gasteiger partial charge is 0.321 e. The average molecular weight is 287 g/mol. The second-order valence-corrected chi connectivity index (χ2v) is 8.40. The lowest BCUT2D eigenvalue weighted by molar-refractivity contribution is 0.210. The number of hydrogen-bond acceptors (Lipinski definition) is 1. The van der Waals surface area contributed by atoms with Gasteiger partial charge in [-0.1, -0.05) is 39.3 Å². The van der Waals surface area contributed by atoms with Crippen molar-refractivity contribution in [2.24, 2.45) is 17.1 Å². The summed E-state index contributed by atoms with van der Waals surface area (Å²) >= 11 is 0. The normalized spacial score (nSPS) is 27.5. The first-order chi connectivity index (χ1) is 9.63. The molecule has 1 aliphatic carbocycles. The summed E-state index contributed by atoms with van der Waals surface area (Å²) in [5.74, 6) is 0.801. The van der Waals surface area contributed by atoms with Crippen LogP contribution in [0.2, 0.25) is 0 Å². The van der Waals surface area contributed by atoms with Gasteiger partial charge >= 0.3 is 0 Å². The molecule has 1 aliphatic rings. The lowest BCUT2D eigenvalue weighted by Crippen LogP contribution is -2.37. The van der Waals surface area contributed by atoms with Gasteiger partial charge in [-0.3, -0.25) is 0 Å². The zero-order valence-electron chi connectivity index (χ0n) is 14.8. The minimum Gasteiger partial charge on any atom is -0.321 e. The molecule has 1 nitrogen and oxygen atoms in total. The zero-order chi connectivity index (χ0) is 15.8. The van der Waals surface area contributed by atoms with Crippen LogP contribution in [-0.4, -0.2) is 0 Å². The molecule has 2 atom stereocenters. The molecule has 0 aliphatic heterocycles. The van der Waals surface area contributed by atoms with Gasteiger partial charge in [-0.15, -0.1) is 0 Å². The van der Waals surface area contributed by atoms with Crippen molar-refractivity contribution in [3.8, 4) is 0 Å². The molecule has 118 valence electrons. The van der Waals surface area contributed by atoms with Crippen molar-refractivity contribution in [1.82, 2.24) is 0 Å². The number of rotatable bonds is 1. The molecule has 0 radical (unpaired) electrons. The number of benzene rings is 1. The van der Waals surface area contributed by atoms with Crippen molar-refractivity contribution in [1.29, 1.82) is 0 Å². The number of aryl methyl sites for hydroxylation is 3. The standard InChI is InChI=1S/C20H33N/c1-14-12-16(3)18(13-15(14)2)20(21)10-7-8-17(9-11-20)19(4,5)6/h12-13,17H,7-11,21H2,1-6H3. The van der Waals surface area contributed by atoms with E-state index in [4.69, 9.17) is 5.73 Å². The molecule has 0 spiro atoms. The van der Waals surface area contributed by atoms with Gasteiger partial charge in [0, 0.05) is 5.54 Å². The second-order valence-electron chi connectivity index (χ2n) is 8.40. The van der Waals surface area contributed by atoms with Gasteiger partial charge in [0.05, 0.1) is 0 Å². The first-order valence-electron chi connectivity index (χ1n) is 8.51. The van der Waals surface area contributed by atoms with Crippen LogP contribution in [0.25, 0.3) is 0 Å². The van der Waals surface area contributed by atoms with E-state index in [1.54, 1.807) is 0 Å². The van der Waals surface area contributed by atoms with E-state index in [2.05, 4.69) is 53.7 Å². The predicted molar refractivity (Wildman–Crippen MR) is 92.5 cm³/mol. The van der Waals surface area contributed by atoms with Gasteiger partial charge in [0.15, 0.2) is 0 Å². The highest BCUT2D eigenvalue weighted by Gasteiger charge is 2.35. The maximum atomic E-state index is 6.91. The first kappa shape index (κ1) is 16.5. The second kappa shape index (κ2) is 5.76. The Labute approximate surface area is 131 Å². The number of hydrogen-bond donors (Lipinski definition) is 1. The van der Waals surface area contributed by atoms with Crippen molar-refractivity contribution < 1.29 is 0 Å². The Morgan fingerprint density at radius 3 is 2.19 bits per heavy atom. The molecule has 1 saturated carbocycles. The topological polar surface area (TPSA) is 26.0 Å². The molecule has 1 aromatic rings. The zero-order valence-corrected chi connectivity index (χ0v) is 14.8. The third-order valence-electron chi connectivity index (χ3n) is 5.72. The van der Waals surface area contributed by atoms with E-state index in [0.29, 0.717) is 5.41 Å². The van der Waals surface area contributed by atoms with Crippen LogP contribution in [0.1, 0.15) is 75.1 Å². The van der Waals surface area contributed by atoms with Crippen LogP contribution in [0.3, 0.4) is 0 Å². The van der Waals surface area contributed by atoms with Gasteiger partial charge in [0.2, 0.25) is 0 Å². The van der Waals surface area contributed by atoms with Gasteiger partial charge in [0.1, 0.15) is 0 Å². The lowest BCUT2D eigenvalue weighted by Gasteiger charge is -2.33. The summed E-state index contributed by atoms with van der Waals surface area (Å²) in [5, 5.41) is 0. The fourth-order valence-corrected chi connectivity index (χ4v) is 4.00. The van der Waals surface area contributed by atoms with Crippen LogP contribution < -0.4 is 5.73 Å². The lowest BCUT2D eigenvalue weighted by atomic mass is 9.75. The Bertz CT molecular complexity index is 509. The van der Waals surface area contributed by atoms with Crippen LogP contribution in [0.5, 0.6) is 0 Å². The Balaban J connectivity index is 2.29. The molecule has 0 aromatic heterocycles. The molecule has 0 amide bonds. The summed E-state index contributed by atoms with van der Waals surface area (Å²) in [6.45, 7) is 13.8. The molecule has 1 aromatic carbocycles. The monoisotopic (exact) mass is 287 g/mol. The number of nitrogens with two attached hydrogens (primary N) is 1. The minimum atomic E-state index is -0.122. The summed E-state index contributed by atoms with van der Waals surface area (Å²) < 4.78 is 0. The summed E-state index contributed by atoms with van der Waals surface area (Å²) in [7, 11) is 0. The van der Waals surface area contributed by atoms with E-state index >= 15 is 0 Å². The van der Waals surface area contributed by atoms with Crippen LogP contribution in [0.15, 0.2) is 12.1 Å². The van der Waals surface area contributed by atoms with Gasteiger partial charge in [-0.05, 0) is 80.0 Å². The van der Waals surface area contributed by atoms with Crippen molar-refractivity contribution in [2.75, 3.05) is 0 Å². The highest BCUT2D eigenvalue weighted by molar-refractivity contribution is 5.40. The van der Waals surface area contributed by atoms with Crippen molar-refractivity contribution in [3.63, 3.8) is 0 Å². The van der Waals surface area contributed by atoms with E-state index in [1.807, 2.05) is 0 Å². The van der Waals surface area contributed by atoms with Gasteiger partial charge in [-0.2, -0.15) is 0 Å². The molecule has 2 N–H and O–H groups in total. The van der Waals surface area contributed by atoms with Gasteiger partial charge in [0.25, 0.3) is 0 Å². The molecule has 0 heterocycles. The van der Waals surface area contributed by atoms with Crippen molar-refractivity contribution >= 4 is 0 Å². The highest BCUT2D eigenvalue weighted by atomic mass is 14.7. The first-order valence-corrected chi connectivity index (χ1v) is 8.51. The maximum Gasteiger partial charge on any atom is 0.0412 e. The van der Waals surface area contributed by atoms with Crippen LogP contribution in [0, 0.1) is 32.1 Å². The Hall–Kier alpha value is -0.820. The molecule has 1 heteroatoms. The van der Waals surface area contributed by atoms with Crippen molar-refractivity contribution in [2.45, 2.75) is 79.2 Å². The van der Waals surface area contributed by atoms with Crippen LogP contribution in [-0.2, 0) is 5.54 Å². The predicted octanol–water partition coefficient (Wildman–Crippen LogP) is 5.39. The molecule has 2 unspecified atom stereocenters. The molecule has 0 saturated heterocycles. The summed E-state index contributed by atoms with van der Waals surface area (Å²) in [6, 6.07) is 4.66. The minimum absolute atomic E-state index is 0.122. The third kappa shape index (κ3) is 3.51. The smallest absolute Gasteiger partial charge is 0.0412 e. The summed E-state index contributed by atoms with van der Waals surface area (Å²) in [5.41, 5.74) is 12.7. The summed E-state index contributed by atoms with van der Waals surface area (Å²) in [4.78, 5) is 0. The van der Waals surface area contributed by atoms with E-state index in [-0.39, 0.29) is 5.54 Å². The molecule has 2 rings (SSSR count). The van der Waals surface area contributed by atoms with E-state index in [0.717, 1.165) is 18.8 Å². The molecular weight excluding hydrogens is 254 g/mol. The van der Waals surface area contributed by atoms with Crippen LogP contribution in [0.4, 0.5) is 0 Å². The van der Waals surface area contributed by atoms with E-state index in [1.165, 1.54) is 41.5 Å². The van der Waals surface area contributed by atoms with Gasteiger partial charge < -0.3 is 5.73 Å². The Morgan fingerprint density at radius 2 is 1.57 bits per heavy atom. The average Bonchev–Trinajstić information content (AvgIpc) is 2.56. The third-order valence-corrected chi connectivity index (χ3v) is 5.72. The molecule has 1 fully saturated rings. The highest BCUT2D eigenvalue weighted by Crippen LogP contribution is 2.43. The van der Waals surface area contributed by atoms with Crippen LogP contribution >= 0.6 is 0 Å². The molecular formula is C20H33N. The molecule has 0 bridgehead atoms. The SMILES string of the molecule is Cc1cc(C)c(C2(N)CCCC(C(C)(C)C)CC2)cc1C. The quantitative estimate of drug-likeness (QED) is 0.688. The molecule has 21 heavy (non-hydrogen) atoms. The Kier molecular flexibility index (Phi) is 4.54. The van der Waals surface area contributed by atoms with E-state index < -0.39 is 0 Å². The summed E-state index contributed by atoms with van der Waals surface area (Å²) in [6.07, 6.45) is 6.09. The van der Waals surface area contributed by atoms with Gasteiger partial charge in [-0.25, -0.2) is 0 Å². The fourth-order valence-electron chi connectivity index (χ4n) is 4.00.